The molecule has 0 aliphatic rings. The molecule has 0 atom stereocenters. The summed E-state index contributed by atoms with van der Waals surface area (Å²) in [6.07, 6.45) is 1.60. The molecule has 0 radical (unpaired) electrons. The van der Waals surface area contributed by atoms with Gasteiger partial charge in [-0.3, -0.25) is 4.79 Å². The number of nitrogens with zero attached hydrogens (tertiary/aromatic N) is 3. The zero-order valence-corrected chi connectivity index (χ0v) is 13.9. The van der Waals surface area contributed by atoms with Gasteiger partial charge in [-0.25, -0.2) is 0 Å². The lowest BCUT2D eigenvalue weighted by atomic mass is 10.3. The molecule has 3 aromatic rings. The van der Waals surface area contributed by atoms with Gasteiger partial charge in [0.15, 0.2) is 5.16 Å². The van der Waals surface area contributed by atoms with Gasteiger partial charge < -0.3 is 14.6 Å². The zero-order valence-electron chi connectivity index (χ0n) is 13.0. The van der Waals surface area contributed by atoms with E-state index in [4.69, 9.17) is 4.74 Å². The zero-order chi connectivity index (χ0) is 16.8. The van der Waals surface area contributed by atoms with E-state index in [0.29, 0.717) is 16.6 Å². The molecule has 1 heterocycles. The Kier molecular flexibility index (Phi) is 5.12. The highest BCUT2D eigenvalue weighted by Gasteiger charge is 2.08. The van der Waals surface area contributed by atoms with Gasteiger partial charge in [-0.1, -0.05) is 36.0 Å². The number of para-hydroxylation sites is 1. The van der Waals surface area contributed by atoms with E-state index in [-0.39, 0.29) is 11.7 Å². The minimum atomic E-state index is -0.111. The molecule has 0 spiro atoms. The molecule has 1 N–H and O–H groups in total. The molecule has 0 unspecified atom stereocenters. The van der Waals surface area contributed by atoms with Gasteiger partial charge in [0.2, 0.25) is 5.91 Å². The van der Waals surface area contributed by atoms with Crippen molar-refractivity contribution in [2.75, 3.05) is 11.1 Å². The van der Waals surface area contributed by atoms with E-state index in [1.54, 1.807) is 17.0 Å². The van der Waals surface area contributed by atoms with Crippen LogP contribution < -0.4 is 10.1 Å². The highest BCUT2D eigenvalue weighted by molar-refractivity contribution is 7.99. The Bertz CT molecular complexity index is 820. The summed E-state index contributed by atoms with van der Waals surface area (Å²) in [4.78, 5) is 12.1. The van der Waals surface area contributed by atoms with Gasteiger partial charge in [0.25, 0.3) is 0 Å². The van der Waals surface area contributed by atoms with Crippen molar-refractivity contribution in [3.8, 4) is 11.5 Å². The van der Waals surface area contributed by atoms with E-state index >= 15 is 0 Å². The maximum absolute atomic E-state index is 12.1. The fraction of sp³-hybridized carbons (Fsp3) is 0.118. The molecule has 1 amide bonds. The summed E-state index contributed by atoms with van der Waals surface area (Å²) in [5, 5.41) is 11.3. The normalized spacial score (nSPS) is 10.4. The molecule has 0 saturated carbocycles. The molecule has 7 heteroatoms. The summed E-state index contributed by atoms with van der Waals surface area (Å²) in [7, 11) is 1.84. The monoisotopic (exact) mass is 340 g/mol. The van der Waals surface area contributed by atoms with Crippen LogP contribution in [0.5, 0.6) is 11.5 Å². The van der Waals surface area contributed by atoms with Crippen molar-refractivity contribution in [2.45, 2.75) is 5.16 Å². The predicted octanol–water partition coefficient (Wildman–Crippen LogP) is 3.34. The standard InChI is InChI=1S/C17H16N4O2S/c1-21-12-18-20-17(21)24-11-16(22)19-13-6-5-9-15(10-13)23-14-7-3-2-4-8-14/h2-10,12H,11H2,1H3,(H,19,22). The number of aromatic nitrogens is 3. The number of carbonyl (C=O) groups excluding carboxylic acids is 1. The number of anilines is 1. The third-order valence-electron chi connectivity index (χ3n) is 3.10. The summed E-state index contributed by atoms with van der Waals surface area (Å²) >= 11 is 1.33. The van der Waals surface area contributed by atoms with E-state index in [0.717, 1.165) is 5.75 Å². The Labute approximate surface area is 143 Å². The summed E-state index contributed by atoms with van der Waals surface area (Å²) in [6, 6.07) is 16.8. The minimum absolute atomic E-state index is 0.111. The van der Waals surface area contributed by atoms with Crippen LogP contribution in [0.4, 0.5) is 5.69 Å². The fourth-order valence-corrected chi connectivity index (χ4v) is 2.68. The molecule has 0 bridgehead atoms. The molecule has 24 heavy (non-hydrogen) atoms. The van der Waals surface area contributed by atoms with Crippen LogP contribution in [0.25, 0.3) is 0 Å². The molecule has 0 aliphatic heterocycles. The second-order valence-corrected chi connectivity index (χ2v) is 5.95. The number of hydrogen-bond donors (Lipinski definition) is 1. The van der Waals surface area contributed by atoms with Gasteiger partial charge >= 0.3 is 0 Å². The Morgan fingerprint density at radius 2 is 1.96 bits per heavy atom. The van der Waals surface area contributed by atoms with E-state index in [2.05, 4.69) is 15.5 Å². The van der Waals surface area contributed by atoms with Crippen molar-refractivity contribution >= 4 is 23.4 Å². The molecule has 6 nitrogen and oxygen atoms in total. The van der Waals surface area contributed by atoms with Gasteiger partial charge in [0, 0.05) is 18.8 Å². The number of aryl methyl sites for hydroxylation is 1. The van der Waals surface area contributed by atoms with Crippen LogP contribution in [0.2, 0.25) is 0 Å². The minimum Gasteiger partial charge on any atom is -0.457 e. The van der Waals surface area contributed by atoms with Crippen molar-refractivity contribution in [2.24, 2.45) is 7.05 Å². The van der Waals surface area contributed by atoms with E-state index in [9.17, 15) is 4.79 Å². The van der Waals surface area contributed by atoms with Crippen LogP contribution in [0, 0.1) is 0 Å². The maximum Gasteiger partial charge on any atom is 0.234 e. The van der Waals surface area contributed by atoms with Crippen LogP contribution in [0.15, 0.2) is 66.1 Å². The van der Waals surface area contributed by atoms with Crippen LogP contribution in [-0.4, -0.2) is 26.4 Å². The first-order chi connectivity index (χ1) is 11.7. The first kappa shape index (κ1) is 16.1. The summed E-state index contributed by atoms with van der Waals surface area (Å²) in [6.45, 7) is 0. The maximum atomic E-state index is 12.1. The number of hydrogen-bond acceptors (Lipinski definition) is 5. The van der Waals surface area contributed by atoms with E-state index in [1.165, 1.54) is 11.8 Å². The molecule has 3 rings (SSSR count). The Hall–Kier alpha value is -2.80. The van der Waals surface area contributed by atoms with Gasteiger partial charge in [-0.15, -0.1) is 10.2 Å². The van der Waals surface area contributed by atoms with Gasteiger partial charge in [0.1, 0.15) is 17.8 Å². The van der Waals surface area contributed by atoms with Gasteiger partial charge in [-0.05, 0) is 24.3 Å². The van der Waals surface area contributed by atoms with Crippen molar-refractivity contribution in [3.05, 3.63) is 60.9 Å². The number of rotatable bonds is 6. The lowest BCUT2D eigenvalue weighted by Crippen LogP contribution is -2.14. The van der Waals surface area contributed by atoms with Gasteiger partial charge in [0.05, 0.1) is 5.75 Å². The second-order valence-electron chi connectivity index (χ2n) is 5.00. The molecule has 2 aromatic carbocycles. The molecular weight excluding hydrogens is 324 g/mol. The van der Waals surface area contributed by atoms with Crippen molar-refractivity contribution < 1.29 is 9.53 Å². The molecule has 0 saturated heterocycles. The molecule has 0 fully saturated rings. The third-order valence-corrected chi connectivity index (χ3v) is 4.13. The highest BCUT2D eigenvalue weighted by Crippen LogP contribution is 2.24. The number of benzene rings is 2. The molecule has 1 aromatic heterocycles. The van der Waals surface area contributed by atoms with Crippen molar-refractivity contribution in [3.63, 3.8) is 0 Å². The Morgan fingerprint density at radius 3 is 2.71 bits per heavy atom. The number of amides is 1. The number of thioether (sulfide) groups is 1. The van der Waals surface area contributed by atoms with Crippen LogP contribution >= 0.6 is 11.8 Å². The molecule has 122 valence electrons. The Balaban J connectivity index is 1.58. The van der Waals surface area contributed by atoms with Crippen LogP contribution in [-0.2, 0) is 11.8 Å². The Morgan fingerprint density at radius 1 is 1.17 bits per heavy atom. The quantitative estimate of drug-likeness (QED) is 0.697. The topological polar surface area (TPSA) is 69.0 Å². The van der Waals surface area contributed by atoms with E-state index < -0.39 is 0 Å². The first-order valence-electron chi connectivity index (χ1n) is 7.30. The lowest BCUT2D eigenvalue weighted by Gasteiger charge is -2.09. The third kappa shape index (κ3) is 4.36. The average Bonchev–Trinajstić information content (AvgIpc) is 2.99. The van der Waals surface area contributed by atoms with Crippen LogP contribution in [0.1, 0.15) is 0 Å². The lowest BCUT2D eigenvalue weighted by molar-refractivity contribution is -0.113. The summed E-state index contributed by atoms with van der Waals surface area (Å²) in [5.74, 6) is 1.56. The number of nitrogens with one attached hydrogen (secondary N) is 1. The SMILES string of the molecule is Cn1cnnc1SCC(=O)Nc1cccc(Oc2ccccc2)c1. The van der Waals surface area contributed by atoms with E-state index in [1.807, 2.05) is 55.6 Å². The highest BCUT2D eigenvalue weighted by atomic mass is 32.2. The molecule has 0 aliphatic carbocycles. The summed E-state index contributed by atoms with van der Waals surface area (Å²) in [5.41, 5.74) is 0.687. The number of ether oxygens (including phenoxy) is 1. The predicted molar refractivity (Wildman–Crippen MR) is 93.3 cm³/mol. The second kappa shape index (κ2) is 7.65. The van der Waals surface area contributed by atoms with Crippen LogP contribution in [0.3, 0.4) is 0 Å². The first-order valence-corrected chi connectivity index (χ1v) is 8.29. The largest absolute Gasteiger partial charge is 0.457 e. The van der Waals surface area contributed by atoms with Crippen molar-refractivity contribution in [1.82, 2.24) is 14.8 Å². The van der Waals surface area contributed by atoms with Crippen molar-refractivity contribution in [1.29, 1.82) is 0 Å². The smallest absolute Gasteiger partial charge is 0.234 e. The number of carbonyl (C=O) groups is 1. The van der Waals surface area contributed by atoms with Gasteiger partial charge in [-0.2, -0.15) is 0 Å². The average molecular weight is 340 g/mol. The summed E-state index contributed by atoms with van der Waals surface area (Å²) < 4.78 is 7.53. The fourth-order valence-electron chi connectivity index (χ4n) is 1.99. The molecular formula is C17H16N4O2S.